The topological polar surface area (TPSA) is 143 Å². The van der Waals surface area contributed by atoms with E-state index in [1.807, 2.05) is 0 Å². The lowest BCUT2D eigenvalue weighted by atomic mass is 10.1. The van der Waals surface area contributed by atoms with Gasteiger partial charge < -0.3 is 5.11 Å². The number of nitriles is 1. The van der Waals surface area contributed by atoms with Gasteiger partial charge in [0.05, 0.1) is 30.4 Å². The molecular formula is C21H22N3O7P. The lowest BCUT2D eigenvalue weighted by Crippen LogP contribution is -2.24. The van der Waals surface area contributed by atoms with Crippen molar-refractivity contribution in [1.82, 2.24) is 4.67 Å². The van der Waals surface area contributed by atoms with Gasteiger partial charge in [-0.1, -0.05) is 42.5 Å². The molecule has 10 nitrogen and oxygen atoms in total. The molecule has 0 bridgehead atoms. The Hall–Kier alpha value is -3.51. The van der Waals surface area contributed by atoms with Gasteiger partial charge in [-0.15, -0.1) is 0 Å². The maximum Gasteiger partial charge on any atom is 0.435 e. The summed E-state index contributed by atoms with van der Waals surface area (Å²) in [4.78, 5) is 22.6. The van der Waals surface area contributed by atoms with E-state index in [9.17, 15) is 29.8 Å². The standard InChI is InChI=1S/C21H22N3O7P/c1-3-30-32(29,31-4-2)23(15-16-9-6-5-7-10-16)20(19(14-22)21(25)26)17-11-8-12-18(13-17)24(27)28/h5-13H,3-4,15H2,1-2H3,(H,25,26). The van der Waals surface area contributed by atoms with Crippen LogP contribution < -0.4 is 0 Å². The lowest BCUT2D eigenvalue weighted by Gasteiger charge is -2.33. The predicted molar refractivity (Wildman–Crippen MR) is 116 cm³/mol. The summed E-state index contributed by atoms with van der Waals surface area (Å²) in [6.07, 6.45) is 0. The molecule has 2 rings (SSSR count). The molecule has 0 unspecified atom stereocenters. The minimum absolute atomic E-state index is 0.00807. The molecule has 0 aromatic heterocycles. The molecule has 0 radical (unpaired) electrons. The minimum atomic E-state index is -4.17. The summed E-state index contributed by atoms with van der Waals surface area (Å²) < 4.78 is 25.8. The zero-order valence-electron chi connectivity index (χ0n) is 17.5. The van der Waals surface area contributed by atoms with Gasteiger partial charge in [-0.25, -0.2) is 9.36 Å². The summed E-state index contributed by atoms with van der Waals surface area (Å²) in [5, 5.41) is 30.6. The summed E-state index contributed by atoms with van der Waals surface area (Å²) in [7, 11) is -4.17. The number of carboxylic acid groups (broad SMARTS) is 1. The zero-order chi connectivity index (χ0) is 23.7. The molecule has 0 saturated heterocycles. The van der Waals surface area contributed by atoms with Crippen molar-refractivity contribution in [3.8, 4) is 6.07 Å². The highest BCUT2D eigenvalue weighted by Gasteiger charge is 2.38. The third-order valence-corrected chi connectivity index (χ3v) is 6.31. The fourth-order valence-corrected chi connectivity index (χ4v) is 4.74. The number of hydrogen-bond donors (Lipinski definition) is 1. The molecule has 0 saturated carbocycles. The first kappa shape index (κ1) is 24.8. The van der Waals surface area contributed by atoms with Crippen LogP contribution in [0.25, 0.3) is 5.70 Å². The Morgan fingerprint density at radius 1 is 1.16 bits per heavy atom. The first-order valence-electron chi connectivity index (χ1n) is 9.60. The van der Waals surface area contributed by atoms with Crippen LogP contribution in [0.3, 0.4) is 0 Å². The Kier molecular flexibility index (Phi) is 8.67. The maximum absolute atomic E-state index is 13.8. The maximum atomic E-state index is 13.8. The Morgan fingerprint density at radius 2 is 1.78 bits per heavy atom. The molecule has 2 aromatic carbocycles. The van der Waals surface area contributed by atoms with Crippen molar-refractivity contribution in [1.29, 1.82) is 5.26 Å². The average Bonchev–Trinajstić information content (AvgIpc) is 2.77. The van der Waals surface area contributed by atoms with Crippen LogP contribution in [-0.2, 0) is 25.0 Å². The molecule has 0 aliphatic heterocycles. The van der Waals surface area contributed by atoms with Gasteiger partial charge in [-0.05, 0) is 19.4 Å². The Balaban J connectivity index is 2.87. The van der Waals surface area contributed by atoms with E-state index in [1.165, 1.54) is 18.2 Å². The van der Waals surface area contributed by atoms with Gasteiger partial charge in [0.15, 0.2) is 5.57 Å². The van der Waals surface area contributed by atoms with Crippen molar-refractivity contribution in [3.05, 3.63) is 81.4 Å². The second-order valence-corrected chi connectivity index (χ2v) is 8.23. The van der Waals surface area contributed by atoms with Crippen LogP contribution in [0.5, 0.6) is 0 Å². The summed E-state index contributed by atoms with van der Waals surface area (Å²) >= 11 is 0. The average molecular weight is 459 g/mol. The van der Waals surface area contributed by atoms with Gasteiger partial charge in [0, 0.05) is 17.7 Å². The van der Waals surface area contributed by atoms with Crippen LogP contribution in [-0.4, -0.2) is 33.9 Å². The summed E-state index contributed by atoms with van der Waals surface area (Å²) in [6, 6.07) is 15.3. The molecule has 0 amide bonds. The van der Waals surface area contributed by atoms with E-state index in [0.717, 1.165) is 10.7 Å². The third-order valence-electron chi connectivity index (χ3n) is 4.21. The Labute approximate surface area is 185 Å². The highest BCUT2D eigenvalue weighted by Crippen LogP contribution is 2.57. The quantitative estimate of drug-likeness (QED) is 0.168. The van der Waals surface area contributed by atoms with E-state index in [-0.39, 0.29) is 36.7 Å². The normalized spacial score (nSPS) is 11.9. The van der Waals surface area contributed by atoms with Gasteiger partial charge in [0.2, 0.25) is 0 Å². The lowest BCUT2D eigenvalue weighted by molar-refractivity contribution is -0.384. The van der Waals surface area contributed by atoms with Crippen molar-refractivity contribution in [3.63, 3.8) is 0 Å². The summed E-state index contributed by atoms with van der Waals surface area (Å²) in [5.74, 6) is -1.59. The van der Waals surface area contributed by atoms with Gasteiger partial charge in [0.1, 0.15) is 6.07 Å². The van der Waals surface area contributed by atoms with Crippen molar-refractivity contribution in [2.45, 2.75) is 20.4 Å². The molecule has 0 spiro atoms. The smallest absolute Gasteiger partial charge is 0.435 e. The summed E-state index contributed by atoms with van der Waals surface area (Å²) in [5.41, 5.74) is -0.768. The van der Waals surface area contributed by atoms with Crippen molar-refractivity contribution in [2.75, 3.05) is 13.2 Å². The van der Waals surface area contributed by atoms with Crippen LogP contribution in [0.1, 0.15) is 25.0 Å². The Morgan fingerprint density at radius 3 is 2.28 bits per heavy atom. The molecule has 32 heavy (non-hydrogen) atoms. The molecule has 0 aliphatic carbocycles. The van der Waals surface area contributed by atoms with Crippen molar-refractivity contribution in [2.24, 2.45) is 0 Å². The monoisotopic (exact) mass is 459 g/mol. The third kappa shape index (κ3) is 5.80. The molecule has 0 fully saturated rings. The number of carboxylic acids is 1. The largest absolute Gasteiger partial charge is 0.477 e. The SMILES string of the molecule is CCOP(=O)(OCC)N(Cc1ccccc1)C(=C(C#N)C(=O)O)c1cccc([N+](=O)[O-])c1. The second kappa shape index (κ2) is 11.2. The molecular weight excluding hydrogens is 437 g/mol. The molecule has 2 aromatic rings. The van der Waals surface area contributed by atoms with E-state index < -0.39 is 24.2 Å². The minimum Gasteiger partial charge on any atom is -0.477 e. The number of aliphatic carboxylic acids is 1. The molecule has 11 heteroatoms. The molecule has 0 heterocycles. The highest BCUT2D eigenvalue weighted by atomic mass is 31.2. The highest BCUT2D eigenvalue weighted by molar-refractivity contribution is 7.51. The predicted octanol–water partition coefficient (Wildman–Crippen LogP) is 4.60. The van der Waals surface area contributed by atoms with E-state index in [0.29, 0.717) is 5.56 Å². The molecule has 168 valence electrons. The molecule has 0 aliphatic rings. The van der Waals surface area contributed by atoms with Crippen LogP contribution in [0, 0.1) is 21.4 Å². The van der Waals surface area contributed by atoms with Gasteiger partial charge in [-0.3, -0.25) is 23.8 Å². The number of non-ortho nitro benzene ring substituents is 1. The van der Waals surface area contributed by atoms with Crippen LogP contribution in [0.4, 0.5) is 5.69 Å². The van der Waals surface area contributed by atoms with Crippen LogP contribution >= 0.6 is 7.75 Å². The van der Waals surface area contributed by atoms with E-state index >= 15 is 0 Å². The fraction of sp³-hybridized carbons (Fsp3) is 0.238. The first-order chi connectivity index (χ1) is 15.3. The number of nitro groups is 1. The zero-order valence-corrected chi connectivity index (χ0v) is 18.4. The number of nitrogens with zero attached hydrogens (tertiary/aromatic N) is 3. The van der Waals surface area contributed by atoms with E-state index in [1.54, 1.807) is 50.2 Å². The number of carbonyl (C=O) groups is 1. The van der Waals surface area contributed by atoms with E-state index in [4.69, 9.17) is 9.05 Å². The van der Waals surface area contributed by atoms with Crippen LogP contribution in [0.2, 0.25) is 0 Å². The van der Waals surface area contributed by atoms with Crippen molar-refractivity contribution < 1.29 is 28.4 Å². The van der Waals surface area contributed by atoms with Crippen molar-refractivity contribution >= 4 is 25.1 Å². The second-order valence-electron chi connectivity index (χ2n) is 6.30. The number of rotatable bonds is 11. The number of benzene rings is 2. The van der Waals surface area contributed by atoms with Gasteiger partial charge >= 0.3 is 13.7 Å². The molecule has 0 atom stereocenters. The first-order valence-corrected chi connectivity index (χ1v) is 11.1. The van der Waals surface area contributed by atoms with Crippen LogP contribution in [0.15, 0.2) is 60.2 Å². The molecule has 1 N–H and O–H groups in total. The van der Waals surface area contributed by atoms with E-state index in [2.05, 4.69) is 0 Å². The fourth-order valence-electron chi connectivity index (χ4n) is 2.94. The number of hydrogen-bond acceptors (Lipinski definition) is 7. The van der Waals surface area contributed by atoms with Gasteiger partial charge in [0.25, 0.3) is 5.69 Å². The Bertz CT molecular complexity index is 1090. The summed E-state index contributed by atoms with van der Waals surface area (Å²) in [6.45, 7) is 2.98. The number of nitro benzene ring substituents is 1. The van der Waals surface area contributed by atoms with Gasteiger partial charge in [-0.2, -0.15) is 5.26 Å².